The van der Waals surface area contributed by atoms with E-state index in [4.69, 9.17) is 17.2 Å². The third kappa shape index (κ3) is 25.3. The second kappa shape index (κ2) is 39.9. The number of rotatable bonds is 41. The molecule has 36 heteroatoms. The van der Waals surface area contributed by atoms with Crippen LogP contribution < -0.4 is 70.4 Å². The van der Waals surface area contributed by atoms with E-state index in [1.54, 1.807) is 74.6 Å². The number of phenolic OH excluding ortho intramolecular Hbond substituents is 1. The number of nitrogens with zero attached hydrogens (tertiary/aromatic N) is 3. The van der Waals surface area contributed by atoms with Crippen molar-refractivity contribution in [2.75, 3.05) is 31.3 Å². The maximum absolute atomic E-state index is 14.9. The molecule has 3 aromatic carbocycles. The van der Waals surface area contributed by atoms with Crippen molar-refractivity contribution in [1.82, 2.24) is 78.1 Å². The third-order valence-electron chi connectivity index (χ3n) is 15.8. The number of aromatic amines is 3. The highest BCUT2D eigenvalue weighted by Crippen LogP contribution is 2.21. The molecular formula is C65H87N19O15S2. The minimum atomic E-state index is -1.83. The topological polar surface area (TPSA) is 553 Å². The number of carbonyl (C=O) groups excluding carboxylic acids is 10. The summed E-state index contributed by atoms with van der Waals surface area (Å²) >= 11 is 8.59. The Labute approximate surface area is 590 Å². The average Bonchev–Trinajstić information content (AvgIpc) is 1.81. The molecule has 34 nitrogen and oxygen atoms in total. The lowest BCUT2D eigenvalue weighted by atomic mass is 10.0. The second-order valence-corrected chi connectivity index (χ2v) is 24.8. The highest BCUT2D eigenvalue weighted by molar-refractivity contribution is 7.80. The number of hydrogen-bond donors (Lipinski definition) is 22. The molecule has 0 bridgehead atoms. The number of amides is 10. The van der Waals surface area contributed by atoms with Gasteiger partial charge in [0.25, 0.3) is 0 Å². The number of aliphatic imine (C=N–C) groups is 1. The van der Waals surface area contributed by atoms with Crippen molar-refractivity contribution in [2.24, 2.45) is 28.1 Å². The first-order chi connectivity index (χ1) is 48.3. The molecule has 10 amide bonds. The summed E-state index contributed by atoms with van der Waals surface area (Å²) in [5.74, 6) is -12.4. The maximum atomic E-state index is 14.9. The molecule has 101 heavy (non-hydrogen) atoms. The Kier molecular flexibility index (Phi) is 31.4. The predicted octanol–water partition coefficient (Wildman–Crippen LogP) is -3.96. The van der Waals surface area contributed by atoms with E-state index in [2.05, 4.69) is 108 Å². The number of thiol groups is 2. The average molecular weight is 1440 g/mol. The molecule has 0 radical (unpaired) electrons. The summed E-state index contributed by atoms with van der Waals surface area (Å²) in [6.45, 7) is 1.54. The number of para-hydroxylation sites is 1. The fraction of sp³-hybridized carbons (Fsp3) is 0.415. The third-order valence-corrected chi connectivity index (χ3v) is 16.5. The number of benzene rings is 3. The van der Waals surface area contributed by atoms with Crippen LogP contribution in [0.5, 0.6) is 5.75 Å². The van der Waals surface area contributed by atoms with Gasteiger partial charge in [-0.15, -0.1) is 0 Å². The first kappa shape index (κ1) is 79.4. The van der Waals surface area contributed by atoms with Crippen molar-refractivity contribution in [3.8, 4) is 5.75 Å². The van der Waals surface area contributed by atoms with E-state index >= 15 is 0 Å². The number of carboxylic acids is 1. The fourth-order valence-corrected chi connectivity index (χ4v) is 10.9. The molecule has 23 N–H and O–H groups in total. The molecule has 0 spiro atoms. The smallest absolute Gasteiger partial charge is 0.326 e. The van der Waals surface area contributed by atoms with Crippen LogP contribution in [0.15, 0.2) is 115 Å². The van der Waals surface area contributed by atoms with Crippen molar-refractivity contribution in [3.63, 3.8) is 0 Å². The Morgan fingerprint density at radius 1 is 0.495 bits per heavy atom. The normalized spacial score (nSPS) is 14.5. The number of aliphatic carboxylic acids is 1. The maximum Gasteiger partial charge on any atom is 0.326 e. The number of imidazole rings is 2. The first-order valence-electron chi connectivity index (χ1n) is 32.1. The minimum absolute atomic E-state index is 0.0677. The summed E-state index contributed by atoms with van der Waals surface area (Å²) in [6, 6.07) is 4.85. The van der Waals surface area contributed by atoms with Gasteiger partial charge in [-0.1, -0.05) is 74.5 Å². The molecule has 0 unspecified atom stereocenters. The number of phenols is 1. The molecule has 3 aromatic heterocycles. The number of H-pyrrole nitrogens is 3. The molecule has 0 aliphatic carbocycles. The standard InChI is InChI=1S/C65H87N19O15S2/c1-34(2)19-45(55(89)79-49(24-39-27-70-33-74-39)59(93)83-52(30-100)63(97)80-48(23-38-26-69-32-73-38)58(92)75-44(64(98)99)13-8-18-71-65(67)68)76-60(94)51(29-86)82-56(90)46(21-36-14-16-40(87)17-15-36)77-57(91)47(22-37-25-72-43-12-7-6-11-41(37)43)78-62(96)53(31-101)84-61(95)50(28-85)81-54(88)42(66)20-35-9-4-3-5-10-35/h3-7,9-12,14-17,25-27,32-34,42,44-53,72,85-87,100-101H,8,13,18-24,28-31,66H2,1-2H3,(H,69,73)(H,70,74)(H,75,92)(H,76,94)(H,77,91)(H,78,96)(H,79,89)(H,80,97)(H,81,88)(H,82,90)(H,83,93)(H,84,95)(H,98,99)(H4,67,68,71)/t42-,44-,45-,46-,47-,48-,49-,50-,51-,52-,53-/m0/s1. The summed E-state index contributed by atoms with van der Waals surface area (Å²) < 4.78 is 0. The molecular weight excluding hydrogens is 1350 g/mol. The van der Waals surface area contributed by atoms with Gasteiger partial charge in [-0.05, 0) is 66.5 Å². The monoisotopic (exact) mass is 1440 g/mol. The number of aromatic hydroxyl groups is 1. The minimum Gasteiger partial charge on any atom is -0.508 e. The van der Waals surface area contributed by atoms with Gasteiger partial charge in [0.15, 0.2) is 5.96 Å². The largest absolute Gasteiger partial charge is 0.508 e. The summed E-state index contributed by atoms with van der Waals surface area (Å²) in [5, 5.41) is 67.0. The molecule has 0 aliphatic rings. The van der Waals surface area contributed by atoms with Gasteiger partial charge in [0, 0.05) is 84.6 Å². The van der Waals surface area contributed by atoms with E-state index in [-0.39, 0.29) is 87.0 Å². The molecule has 6 rings (SSSR count). The number of carboxylic acid groups (broad SMARTS) is 1. The summed E-state index contributed by atoms with van der Waals surface area (Å²) in [6.07, 6.45) is 6.03. The molecule has 0 saturated heterocycles. The number of aromatic nitrogens is 5. The van der Waals surface area contributed by atoms with Crippen LogP contribution in [-0.2, 0) is 84.8 Å². The van der Waals surface area contributed by atoms with Gasteiger partial charge in [-0.25, -0.2) is 14.8 Å². The quantitative estimate of drug-likeness (QED) is 0.00754. The van der Waals surface area contributed by atoms with E-state index in [0.717, 1.165) is 5.56 Å². The van der Waals surface area contributed by atoms with Gasteiger partial charge in [-0.2, -0.15) is 25.3 Å². The van der Waals surface area contributed by atoms with Crippen LogP contribution in [0.3, 0.4) is 0 Å². The van der Waals surface area contributed by atoms with Gasteiger partial charge < -0.3 is 106 Å². The van der Waals surface area contributed by atoms with Gasteiger partial charge in [0.2, 0.25) is 59.1 Å². The number of aliphatic hydroxyl groups excluding tert-OH is 2. The number of nitrogens with two attached hydrogens (primary N) is 3. The molecule has 11 atom stereocenters. The lowest BCUT2D eigenvalue weighted by Crippen LogP contribution is -2.62. The van der Waals surface area contributed by atoms with Crippen LogP contribution in [0.25, 0.3) is 10.9 Å². The Morgan fingerprint density at radius 3 is 1.39 bits per heavy atom. The van der Waals surface area contributed by atoms with Crippen LogP contribution in [-0.4, -0.2) is 214 Å². The summed E-state index contributed by atoms with van der Waals surface area (Å²) in [7, 11) is 0. The number of carbonyl (C=O) groups is 11. The Morgan fingerprint density at radius 2 is 0.911 bits per heavy atom. The van der Waals surface area contributed by atoms with E-state index in [0.29, 0.717) is 33.4 Å². The van der Waals surface area contributed by atoms with Crippen molar-refractivity contribution < 1.29 is 73.2 Å². The van der Waals surface area contributed by atoms with E-state index in [1.807, 2.05) is 0 Å². The molecule has 544 valence electrons. The number of guanidine groups is 1. The Hall–Kier alpha value is -10.6. The SMILES string of the molecule is CC(C)C[C@H](NC(=O)[C@H](CO)NC(=O)[C@H](Cc1ccc(O)cc1)NC(=O)[C@H](Cc1c[nH]c2ccccc12)NC(=O)[C@H](CS)NC(=O)[C@H](CO)NC(=O)[C@@H](N)Cc1ccccc1)C(=O)N[C@@H](Cc1cnc[nH]1)C(=O)N[C@@H](CS)C(=O)N[C@@H](Cc1cnc[nH]1)C(=O)N[C@@H](CCCN=C(N)N)C(=O)O. The highest BCUT2D eigenvalue weighted by atomic mass is 32.1. The zero-order chi connectivity index (χ0) is 73.7. The van der Waals surface area contributed by atoms with E-state index in [1.165, 1.54) is 49.3 Å². The molecule has 0 saturated carbocycles. The zero-order valence-electron chi connectivity index (χ0n) is 55.3. The van der Waals surface area contributed by atoms with Crippen LogP contribution in [0.1, 0.15) is 61.2 Å². The summed E-state index contributed by atoms with van der Waals surface area (Å²) in [5.41, 5.74) is 19.9. The van der Waals surface area contributed by atoms with Crippen LogP contribution in [0.4, 0.5) is 0 Å². The highest BCUT2D eigenvalue weighted by Gasteiger charge is 2.37. The van der Waals surface area contributed by atoms with Gasteiger partial charge >= 0.3 is 5.97 Å². The zero-order valence-corrected chi connectivity index (χ0v) is 57.0. The van der Waals surface area contributed by atoms with E-state index < -0.39 is 145 Å². The van der Waals surface area contributed by atoms with Crippen LogP contribution in [0, 0.1) is 5.92 Å². The van der Waals surface area contributed by atoms with Crippen molar-refractivity contribution in [2.45, 2.75) is 132 Å². The lowest BCUT2D eigenvalue weighted by Gasteiger charge is -2.28. The van der Waals surface area contributed by atoms with Gasteiger partial charge in [-0.3, -0.25) is 52.9 Å². The Bertz CT molecular complexity index is 3770. The number of nitrogens with one attached hydrogen (secondary N) is 13. The molecule has 0 fully saturated rings. The van der Waals surface area contributed by atoms with Gasteiger partial charge in [0.05, 0.1) is 31.9 Å². The second-order valence-electron chi connectivity index (χ2n) is 24.1. The Balaban J connectivity index is 1.19. The van der Waals surface area contributed by atoms with E-state index in [9.17, 15) is 73.2 Å². The van der Waals surface area contributed by atoms with Crippen molar-refractivity contribution in [3.05, 3.63) is 138 Å². The molecule has 3 heterocycles. The van der Waals surface area contributed by atoms with Crippen LogP contribution in [0.2, 0.25) is 0 Å². The predicted molar refractivity (Wildman–Crippen MR) is 375 cm³/mol. The van der Waals surface area contributed by atoms with Crippen molar-refractivity contribution >= 4 is 107 Å². The first-order valence-corrected chi connectivity index (χ1v) is 33.4. The summed E-state index contributed by atoms with van der Waals surface area (Å²) in [4.78, 5) is 174. The fourth-order valence-electron chi connectivity index (χ4n) is 10.4. The molecule has 0 aliphatic heterocycles. The molecule has 6 aromatic rings. The van der Waals surface area contributed by atoms with Gasteiger partial charge in [0.1, 0.15) is 66.2 Å². The number of aliphatic hydroxyl groups is 2. The van der Waals surface area contributed by atoms with Crippen molar-refractivity contribution in [1.29, 1.82) is 0 Å². The number of fused-ring (bicyclic) bond motifs is 1. The lowest BCUT2D eigenvalue weighted by molar-refractivity contribution is -0.142. The van der Waals surface area contributed by atoms with Crippen LogP contribution >= 0.6 is 25.3 Å². The number of hydrogen-bond acceptors (Lipinski definition) is 20.